The first-order chi connectivity index (χ1) is 11.8. The number of rotatable bonds is 0. The Balaban J connectivity index is -0.0000000585. The predicted octanol–water partition coefficient (Wildman–Crippen LogP) is 9.70. The minimum absolute atomic E-state index is 0.0595. The fourth-order valence-electron chi connectivity index (χ4n) is 1.82. The van der Waals surface area contributed by atoms with Crippen LogP contribution in [0.1, 0.15) is 131 Å². The van der Waals surface area contributed by atoms with Crippen molar-refractivity contribution in [2.45, 2.75) is 143 Å². The molecule has 25 heavy (non-hydrogen) atoms. The van der Waals surface area contributed by atoms with E-state index in [-0.39, 0.29) is 5.60 Å². The Morgan fingerprint density at radius 3 is 1.20 bits per heavy atom. The molecular formula is C24H58O. The van der Waals surface area contributed by atoms with Crippen LogP contribution in [0.5, 0.6) is 0 Å². The normalized spacial score (nSPS) is 19.0. The number of ether oxygens (including phenoxy) is 1. The summed E-state index contributed by atoms with van der Waals surface area (Å²) in [5.74, 6) is 0.568. The SMILES string of the molecule is CC.CC.CC.CC.CC.CC1=C(C)C(C)(C)OC(C)C1C.CCC. The lowest BCUT2D eigenvalue weighted by Crippen LogP contribution is -2.39. The quantitative estimate of drug-likeness (QED) is 0.389. The fraction of sp³-hybridized carbons (Fsp3) is 0.917. The van der Waals surface area contributed by atoms with Crippen molar-refractivity contribution in [3.8, 4) is 0 Å². The highest BCUT2D eigenvalue weighted by atomic mass is 16.5. The van der Waals surface area contributed by atoms with Gasteiger partial charge in [-0.25, -0.2) is 0 Å². The van der Waals surface area contributed by atoms with Crippen LogP contribution in [0.3, 0.4) is 0 Å². The second-order valence-electron chi connectivity index (χ2n) is 5.14. The lowest BCUT2D eigenvalue weighted by atomic mass is 9.83. The van der Waals surface area contributed by atoms with E-state index in [1.165, 1.54) is 17.6 Å². The van der Waals surface area contributed by atoms with Gasteiger partial charge in [0, 0.05) is 5.92 Å². The summed E-state index contributed by atoms with van der Waals surface area (Å²) in [6, 6.07) is 0. The van der Waals surface area contributed by atoms with E-state index < -0.39 is 0 Å². The summed E-state index contributed by atoms with van der Waals surface area (Å²) < 4.78 is 5.91. The summed E-state index contributed by atoms with van der Waals surface area (Å²) in [5.41, 5.74) is 2.84. The molecular weight excluding hydrogens is 304 g/mol. The first kappa shape index (κ1) is 39.7. The van der Waals surface area contributed by atoms with Crippen LogP contribution in [-0.2, 0) is 4.74 Å². The first-order valence-corrected chi connectivity index (χ1v) is 11.1. The Hall–Kier alpha value is -0.300. The number of hydrogen-bond acceptors (Lipinski definition) is 1. The monoisotopic (exact) mass is 362 g/mol. The molecule has 0 saturated carbocycles. The van der Waals surface area contributed by atoms with Crippen molar-refractivity contribution < 1.29 is 4.74 Å². The van der Waals surface area contributed by atoms with E-state index >= 15 is 0 Å². The van der Waals surface area contributed by atoms with E-state index in [9.17, 15) is 0 Å². The van der Waals surface area contributed by atoms with E-state index in [2.05, 4.69) is 55.4 Å². The van der Waals surface area contributed by atoms with Gasteiger partial charge >= 0.3 is 0 Å². The molecule has 0 aromatic carbocycles. The van der Waals surface area contributed by atoms with E-state index in [1.807, 2.05) is 69.2 Å². The van der Waals surface area contributed by atoms with Crippen LogP contribution in [0.15, 0.2) is 11.1 Å². The zero-order valence-corrected chi connectivity index (χ0v) is 21.8. The van der Waals surface area contributed by atoms with Gasteiger partial charge in [0.15, 0.2) is 0 Å². The largest absolute Gasteiger partial charge is 0.368 e. The van der Waals surface area contributed by atoms with Gasteiger partial charge in [0.05, 0.1) is 11.7 Å². The van der Waals surface area contributed by atoms with Crippen molar-refractivity contribution in [3.05, 3.63) is 11.1 Å². The second kappa shape index (κ2) is 31.5. The van der Waals surface area contributed by atoms with Crippen LogP contribution in [0.25, 0.3) is 0 Å². The summed E-state index contributed by atoms with van der Waals surface area (Å²) in [5, 5.41) is 0. The van der Waals surface area contributed by atoms with E-state index in [0.717, 1.165) is 0 Å². The zero-order chi connectivity index (χ0) is 22.2. The molecule has 1 heteroatoms. The molecule has 1 nitrogen and oxygen atoms in total. The molecule has 0 aromatic rings. The van der Waals surface area contributed by atoms with Gasteiger partial charge in [-0.1, -0.05) is 102 Å². The van der Waals surface area contributed by atoms with Crippen molar-refractivity contribution in [1.29, 1.82) is 0 Å². The number of hydrogen-bond donors (Lipinski definition) is 0. The molecule has 0 aromatic heterocycles. The van der Waals surface area contributed by atoms with Gasteiger partial charge in [-0.05, 0) is 40.2 Å². The summed E-state index contributed by atoms with van der Waals surface area (Å²) in [4.78, 5) is 0. The van der Waals surface area contributed by atoms with Crippen LogP contribution in [0.4, 0.5) is 0 Å². The molecule has 2 atom stereocenters. The molecule has 2 unspecified atom stereocenters. The lowest BCUT2D eigenvalue weighted by molar-refractivity contribution is -0.0701. The topological polar surface area (TPSA) is 9.23 Å². The van der Waals surface area contributed by atoms with Gasteiger partial charge in [-0.3, -0.25) is 0 Å². The van der Waals surface area contributed by atoms with Gasteiger partial charge in [-0.15, -0.1) is 0 Å². The average molecular weight is 363 g/mol. The smallest absolute Gasteiger partial charge is 0.0839 e. The summed E-state index contributed by atoms with van der Waals surface area (Å²) >= 11 is 0. The molecule has 0 spiro atoms. The molecule has 1 heterocycles. The van der Waals surface area contributed by atoms with Crippen molar-refractivity contribution in [2.75, 3.05) is 0 Å². The van der Waals surface area contributed by atoms with E-state index in [4.69, 9.17) is 4.74 Å². The summed E-state index contributed by atoms with van der Waals surface area (Å²) in [6.07, 6.45) is 1.60. The molecule has 1 rings (SSSR count). The maximum absolute atomic E-state index is 5.91. The van der Waals surface area contributed by atoms with Gasteiger partial charge in [-0.2, -0.15) is 0 Å². The highest BCUT2D eigenvalue weighted by Crippen LogP contribution is 2.36. The third-order valence-electron chi connectivity index (χ3n) is 3.36. The van der Waals surface area contributed by atoms with Crippen LogP contribution in [0, 0.1) is 5.92 Å². The van der Waals surface area contributed by atoms with Crippen LogP contribution >= 0.6 is 0 Å². The van der Waals surface area contributed by atoms with Gasteiger partial charge in [0.25, 0.3) is 0 Å². The predicted molar refractivity (Wildman–Crippen MR) is 125 cm³/mol. The van der Waals surface area contributed by atoms with Gasteiger partial charge in [0.1, 0.15) is 0 Å². The third-order valence-corrected chi connectivity index (χ3v) is 3.36. The van der Waals surface area contributed by atoms with Crippen molar-refractivity contribution in [2.24, 2.45) is 5.92 Å². The molecule has 0 bridgehead atoms. The molecule has 0 amide bonds. The highest BCUT2D eigenvalue weighted by Gasteiger charge is 2.33. The molecule has 0 N–H and O–H groups in total. The van der Waals surface area contributed by atoms with Crippen LogP contribution in [-0.4, -0.2) is 11.7 Å². The summed E-state index contributed by atoms with van der Waals surface area (Å²) in [7, 11) is 0. The maximum Gasteiger partial charge on any atom is 0.0839 e. The molecule has 1 aliphatic rings. The first-order valence-electron chi connectivity index (χ1n) is 11.1. The Bertz CT molecular complexity index is 226. The second-order valence-corrected chi connectivity index (χ2v) is 5.14. The third kappa shape index (κ3) is 21.7. The molecule has 160 valence electrons. The molecule has 1 aliphatic heterocycles. The summed E-state index contributed by atoms with van der Waals surface area (Å²) in [6.45, 7) is 37.3. The Morgan fingerprint density at radius 2 is 0.960 bits per heavy atom. The minimum Gasteiger partial charge on any atom is -0.368 e. The van der Waals surface area contributed by atoms with E-state index in [0.29, 0.717) is 12.0 Å². The highest BCUT2D eigenvalue weighted by molar-refractivity contribution is 5.24. The van der Waals surface area contributed by atoms with Crippen molar-refractivity contribution >= 4 is 0 Å². The lowest BCUT2D eigenvalue weighted by Gasteiger charge is -2.40. The van der Waals surface area contributed by atoms with Crippen molar-refractivity contribution in [1.82, 2.24) is 0 Å². The Morgan fingerprint density at radius 1 is 0.720 bits per heavy atom. The van der Waals surface area contributed by atoms with Crippen LogP contribution in [0.2, 0.25) is 0 Å². The van der Waals surface area contributed by atoms with Gasteiger partial charge in [0.2, 0.25) is 0 Å². The Kier molecular flexibility index (Phi) is 49.9. The van der Waals surface area contributed by atoms with Crippen LogP contribution < -0.4 is 0 Å². The molecule has 0 fully saturated rings. The minimum atomic E-state index is -0.0595. The molecule has 0 radical (unpaired) electrons. The van der Waals surface area contributed by atoms with Crippen molar-refractivity contribution in [3.63, 3.8) is 0 Å². The molecule has 0 aliphatic carbocycles. The maximum atomic E-state index is 5.91. The van der Waals surface area contributed by atoms with E-state index in [1.54, 1.807) is 0 Å². The van der Waals surface area contributed by atoms with Gasteiger partial charge < -0.3 is 4.74 Å². The molecule has 0 saturated heterocycles. The zero-order valence-electron chi connectivity index (χ0n) is 21.8. The Labute approximate surface area is 165 Å². The standard InChI is InChI=1S/C11H20O.C3H8.5C2H6/c1-7-8(2)10(4)12-11(5,6)9(7)3;1-3-2;5*1-2/h8,10H,1-6H3;3H2,1-2H3;5*1-2H3. The fourth-order valence-corrected chi connectivity index (χ4v) is 1.82. The average Bonchev–Trinajstić information content (AvgIpc) is 2.67.